The molecule has 0 bridgehead atoms. The van der Waals surface area contributed by atoms with E-state index >= 15 is 0 Å². The molecule has 0 aromatic heterocycles. The second kappa shape index (κ2) is 4.24. The highest BCUT2D eigenvalue weighted by Crippen LogP contribution is 2.28. The van der Waals surface area contributed by atoms with Crippen LogP contribution >= 0.6 is 0 Å². The number of ether oxygens (including phenoxy) is 1. The molecule has 82 valence electrons. The van der Waals surface area contributed by atoms with Crippen molar-refractivity contribution in [2.24, 2.45) is 11.7 Å². The van der Waals surface area contributed by atoms with Gasteiger partial charge < -0.3 is 10.5 Å². The highest BCUT2D eigenvalue weighted by molar-refractivity contribution is 5.22. The first-order valence-electron chi connectivity index (χ1n) is 4.97. The van der Waals surface area contributed by atoms with E-state index in [2.05, 4.69) is 0 Å². The van der Waals surface area contributed by atoms with E-state index in [4.69, 9.17) is 10.5 Å². The van der Waals surface area contributed by atoms with Gasteiger partial charge in [-0.3, -0.25) is 0 Å². The van der Waals surface area contributed by atoms with Gasteiger partial charge >= 0.3 is 0 Å². The Kier molecular flexibility index (Phi) is 2.98. The van der Waals surface area contributed by atoms with Crippen molar-refractivity contribution >= 4 is 0 Å². The SMILES string of the molecule is NC(c1ccc(F)cc1F)C1CCOC1. The van der Waals surface area contributed by atoms with Crippen LogP contribution in [0.15, 0.2) is 18.2 Å². The molecule has 0 radical (unpaired) electrons. The average molecular weight is 213 g/mol. The van der Waals surface area contributed by atoms with Gasteiger partial charge in [0.05, 0.1) is 6.61 Å². The van der Waals surface area contributed by atoms with Crippen LogP contribution in [0.2, 0.25) is 0 Å². The van der Waals surface area contributed by atoms with Crippen molar-refractivity contribution in [3.05, 3.63) is 35.4 Å². The fraction of sp³-hybridized carbons (Fsp3) is 0.455. The zero-order chi connectivity index (χ0) is 10.8. The van der Waals surface area contributed by atoms with Crippen LogP contribution in [0, 0.1) is 17.6 Å². The van der Waals surface area contributed by atoms with Gasteiger partial charge in [-0.15, -0.1) is 0 Å². The quantitative estimate of drug-likeness (QED) is 0.815. The normalized spacial score (nSPS) is 23.0. The maximum absolute atomic E-state index is 13.4. The molecule has 2 atom stereocenters. The third-order valence-electron chi connectivity index (χ3n) is 2.79. The van der Waals surface area contributed by atoms with Gasteiger partial charge in [0.2, 0.25) is 0 Å². The van der Waals surface area contributed by atoms with Crippen LogP contribution in [0.3, 0.4) is 0 Å². The summed E-state index contributed by atoms with van der Waals surface area (Å²) in [5, 5.41) is 0. The van der Waals surface area contributed by atoms with Gasteiger partial charge in [-0.25, -0.2) is 8.78 Å². The van der Waals surface area contributed by atoms with Crippen LogP contribution in [-0.4, -0.2) is 13.2 Å². The number of rotatable bonds is 2. The number of halogens is 2. The van der Waals surface area contributed by atoms with E-state index in [0.29, 0.717) is 18.8 Å². The molecule has 2 nitrogen and oxygen atoms in total. The Morgan fingerprint density at radius 2 is 2.20 bits per heavy atom. The van der Waals surface area contributed by atoms with E-state index in [1.807, 2.05) is 0 Å². The summed E-state index contributed by atoms with van der Waals surface area (Å²) in [5.74, 6) is -1.02. The molecule has 0 aliphatic carbocycles. The maximum Gasteiger partial charge on any atom is 0.130 e. The molecule has 0 spiro atoms. The molecular formula is C11H13F2NO. The molecule has 1 aromatic carbocycles. The van der Waals surface area contributed by atoms with Gasteiger partial charge in [0.15, 0.2) is 0 Å². The Hall–Kier alpha value is -1.00. The minimum atomic E-state index is -0.578. The molecule has 1 heterocycles. The minimum absolute atomic E-state index is 0.130. The lowest BCUT2D eigenvalue weighted by molar-refractivity contribution is 0.180. The zero-order valence-electron chi connectivity index (χ0n) is 8.25. The topological polar surface area (TPSA) is 35.2 Å². The Morgan fingerprint density at radius 3 is 2.80 bits per heavy atom. The zero-order valence-corrected chi connectivity index (χ0v) is 8.25. The van der Waals surface area contributed by atoms with Crippen molar-refractivity contribution in [2.45, 2.75) is 12.5 Å². The predicted octanol–water partition coefficient (Wildman–Crippen LogP) is 2.00. The Labute approximate surface area is 87.0 Å². The molecule has 0 saturated carbocycles. The first-order valence-corrected chi connectivity index (χ1v) is 4.97. The summed E-state index contributed by atoms with van der Waals surface area (Å²) in [6.07, 6.45) is 0.831. The predicted molar refractivity (Wildman–Crippen MR) is 52.2 cm³/mol. The molecule has 1 saturated heterocycles. The molecule has 4 heteroatoms. The lowest BCUT2D eigenvalue weighted by atomic mass is 9.93. The molecule has 2 unspecified atom stereocenters. The van der Waals surface area contributed by atoms with Crippen molar-refractivity contribution in [2.75, 3.05) is 13.2 Å². The van der Waals surface area contributed by atoms with Gasteiger partial charge in [0, 0.05) is 30.2 Å². The smallest absolute Gasteiger partial charge is 0.130 e. The number of benzene rings is 1. The second-order valence-electron chi connectivity index (χ2n) is 3.82. The molecular weight excluding hydrogens is 200 g/mol. The Balaban J connectivity index is 2.20. The van der Waals surface area contributed by atoms with Gasteiger partial charge in [-0.2, -0.15) is 0 Å². The van der Waals surface area contributed by atoms with Crippen LogP contribution in [0.25, 0.3) is 0 Å². The molecule has 2 N–H and O–H groups in total. The van der Waals surface area contributed by atoms with Gasteiger partial charge in [0.25, 0.3) is 0 Å². The monoisotopic (exact) mass is 213 g/mol. The summed E-state index contributed by atoms with van der Waals surface area (Å²) in [6.45, 7) is 1.22. The van der Waals surface area contributed by atoms with Crippen molar-refractivity contribution in [1.82, 2.24) is 0 Å². The fourth-order valence-electron chi connectivity index (χ4n) is 1.86. The van der Waals surface area contributed by atoms with E-state index in [1.54, 1.807) is 0 Å². The molecule has 1 aliphatic rings. The third kappa shape index (κ3) is 2.16. The highest BCUT2D eigenvalue weighted by atomic mass is 19.1. The number of hydrogen-bond acceptors (Lipinski definition) is 2. The molecule has 1 aliphatic heterocycles. The first-order chi connectivity index (χ1) is 7.18. The van der Waals surface area contributed by atoms with E-state index in [-0.39, 0.29) is 5.92 Å². The van der Waals surface area contributed by atoms with E-state index in [1.165, 1.54) is 12.1 Å². The van der Waals surface area contributed by atoms with E-state index in [0.717, 1.165) is 12.5 Å². The molecule has 2 rings (SSSR count). The molecule has 1 aromatic rings. The summed E-state index contributed by atoms with van der Waals surface area (Å²) in [4.78, 5) is 0. The standard InChI is InChI=1S/C11H13F2NO/c12-8-1-2-9(10(13)5-8)11(14)7-3-4-15-6-7/h1-2,5,7,11H,3-4,6,14H2. The minimum Gasteiger partial charge on any atom is -0.381 e. The number of hydrogen-bond donors (Lipinski definition) is 1. The Morgan fingerprint density at radius 1 is 1.40 bits per heavy atom. The van der Waals surface area contributed by atoms with Crippen molar-refractivity contribution < 1.29 is 13.5 Å². The van der Waals surface area contributed by atoms with Crippen molar-refractivity contribution in [3.63, 3.8) is 0 Å². The summed E-state index contributed by atoms with van der Waals surface area (Å²) in [6, 6.07) is 3.10. The summed E-state index contributed by atoms with van der Waals surface area (Å²) in [5.41, 5.74) is 6.28. The Bertz CT molecular complexity index is 350. The lowest BCUT2D eigenvalue weighted by Gasteiger charge is -2.18. The highest BCUT2D eigenvalue weighted by Gasteiger charge is 2.25. The molecule has 1 fully saturated rings. The van der Waals surface area contributed by atoms with Crippen molar-refractivity contribution in [1.29, 1.82) is 0 Å². The van der Waals surface area contributed by atoms with Crippen LogP contribution in [0.1, 0.15) is 18.0 Å². The maximum atomic E-state index is 13.4. The van der Waals surface area contributed by atoms with Crippen LogP contribution in [-0.2, 0) is 4.74 Å². The number of nitrogens with two attached hydrogens (primary N) is 1. The lowest BCUT2D eigenvalue weighted by Crippen LogP contribution is -2.22. The van der Waals surface area contributed by atoms with Gasteiger partial charge in [-0.05, 0) is 12.5 Å². The van der Waals surface area contributed by atoms with E-state index in [9.17, 15) is 8.78 Å². The third-order valence-corrected chi connectivity index (χ3v) is 2.79. The van der Waals surface area contributed by atoms with Crippen LogP contribution in [0.5, 0.6) is 0 Å². The summed E-state index contributed by atoms with van der Waals surface area (Å²) < 4.78 is 31.3. The average Bonchev–Trinajstić information content (AvgIpc) is 2.69. The molecule has 0 amide bonds. The van der Waals surface area contributed by atoms with Crippen LogP contribution < -0.4 is 5.73 Å². The fourth-order valence-corrected chi connectivity index (χ4v) is 1.86. The van der Waals surface area contributed by atoms with Crippen LogP contribution in [0.4, 0.5) is 8.78 Å². The van der Waals surface area contributed by atoms with Gasteiger partial charge in [-0.1, -0.05) is 6.07 Å². The summed E-state index contributed by atoms with van der Waals surface area (Å²) in [7, 11) is 0. The largest absolute Gasteiger partial charge is 0.381 e. The van der Waals surface area contributed by atoms with Crippen molar-refractivity contribution in [3.8, 4) is 0 Å². The van der Waals surface area contributed by atoms with Gasteiger partial charge in [0.1, 0.15) is 11.6 Å². The molecule has 15 heavy (non-hydrogen) atoms. The van der Waals surface area contributed by atoms with E-state index < -0.39 is 17.7 Å². The summed E-state index contributed by atoms with van der Waals surface area (Å²) >= 11 is 0. The first kappa shape index (κ1) is 10.5. The second-order valence-corrected chi connectivity index (χ2v) is 3.82.